The van der Waals surface area contributed by atoms with Crippen molar-refractivity contribution in [2.24, 2.45) is 11.7 Å². The van der Waals surface area contributed by atoms with Crippen LogP contribution in [0.4, 0.5) is 10.1 Å². The Hall–Kier alpha value is -2.47. The van der Waals surface area contributed by atoms with Gasteiger partial charge in [0.2, 0.25) is 0 Å². The molecule has 3 N–H and O–H groups in total. The number of nitrogens with zero attached hydrogens (tertiary/aromatic N) is 2. The van der Waals surface area contributed by atoms with Crippen LogP contribution in [-0.2, 0) is 0 Å². The molecule has 1 amide bonds. The van der Waals surface area contributed by atoms with Crippen LogP contribution in [0, 0.1) is 18.7 Å². The quantitative estimate of drug-likeness (QED) is 0.809. The standard InChI is InChI=1S/C23H29FN4O/c1-14(16-7-8-16)27-22(29)19-12-26-15(2)20(17-5-4-6-18(24)11-17)21(19)28-10-9-23(3,25)13-28/h4-6,11-12,14,16H,7-10,13,25H2,1-3H3,(H,27,29)/t14?,23-/m0/s1. The van der Waals surface area contributed by atoms with Gasteiger partial charge in [-0.1, -0.05) is 12.1 Å². The number of rotatable bonds is 5. The Bertz CT molecular complexity index is 938. The van der Waals surface area contributed by atoms with E-state index in [1.165, 1.54) is 12.1 Å². The van der Waals surface area contributed by atoms with Gasteiger partial charge in [0.05, 0.1) is 11.3 Å². The Morgan fingerprint density at radius 1 is 1.41 bits per heavy atom. The second-order valence-electron chi connectivity index (χ2n) is 8.92. The van der Waals surface area contributed by atoms with E-state index in [0.717, 1.165) is 48.3 Å². The van der Waals surface area contributed by atoms with Crippen LogP contribution in [0.25, 0.3) is 11.1 Å². The average molecular weight is 397 g/mol. The molecule has 154 valence electrons. The topological polar surface area (TPSA) is 71.2 Å². The first-order valence-corrected chi connectivity index (χ1v) is 10.4. The average Bonchev–Trinajstić information content (AvgIpc) is 3.44. The molecule has 5 nitrogen and oxygen atoms in total. The van der Waals surface area contributed by atoms with Crippen molar-refractivity contribution in [2.75, 3.05) is 18.0 Å². The molecule has 2 atom stereocenters. The summed E-state index contributed by atoms with van der Waals surface area (Å²) in [5, 5.41) is 3.14. The molecule has 1 saturated heterocycles. The number of carbonyl (C=O) groups excluding carboxylic acids is 1. The SMILES string of the molecule is Cc1ncc(C(=O)NC(C)C2CC2)c(N2CC[C@](C)(N)C2)c1-c1cccc(F)c1. The number of pyridine rings is 1. The molecule has 6 heteroatoms. The van der Waals surface area contributed by atoms with E-state index in [2.05, 4.69) is 22.1 Å². The lowest BCUT2D eigenvalue weighted by molar-refractivity contribution is 0.0936. The van der Waals surface area contributed by atoms with Gasteiger partial charge in [-0.3, -0.25) is 9.78 Å². The Morgan fingerprint density at radius 2 is 2.17 bits per heavy atom. The van der Waals surface area contributed by atoms with Gasteiger partial charge < -0.3 is 16.0 Å². The third-order valence-corrected chi connectivity index (χ3v) is 6.11. The normalized spacial score (nSPS) is 22.6. The van der Waals surface area contributed by atoms with E-state index >= 15 is 0 Å². The highest BCUT2D eigenvalue weighted by Crippen LogP contribution is 2.39. The summed E-state index contributed by atoms with van der Waals surface area (Å²) >= 11 is 0. The maximum atomic E-state index is 14.0. The predicted octanol–water partition coefficient (Wildman–Crippen LogP) is 3.65. The van der Waals surface area contributed by atoms with Gasteiger partial charge in [-0.15, -0.1) is 0 Å². The fraction of sp³-hybridized carbons (Fsp3) is 0.478. The van der Waals surface area contributed by atoms with Crippen LogP contribution in [0.5, 0.6) is 0 Å². The summed E-state index contributed by atoms with van der Waals surface area (Å²) in [5.74, 6) is 0.118. The first kappa shape index (κ1) is 19.8. The fourth-order valence-corrected chi connectivity index (χ4v) is 4.25. The van der Waals surface area contributed by atoms with Crippen LogP contribution in [-0.4, -0.2) is 35.6 Å². The summed E-state index contributed by atoms with van der Waals surface area (Å²) in [4.78, 5) is 19.9. The number of aryl methyl sites for hydroxylation is 1. The van der Waals surface area contributed by atoms with Gasteiger partial charge in [0.25, 0.3) is 5.91 Å². The number of nitrogens with two attached hydrogens (primary N) is 1. The van der Waals surface area contributed by atoms with Crippen molar-refractivity contribution in [3.05, 3.63) is 47.5 Å². The van der Waals surface area contributed by atoms with E-state index in [9.17, 15) is 9.18 Å². The molecule has 1 aliphatic heterocycles. The fourth-order valence-electron chi connectivity index (χ4n) is 4.25. The van der Waals surface area contributed by atoms with Crippen molar-refractivity contribution in [1.82, 2.24) is 10.3 Å². The van der Waals surface area contributed by atoms with Crippen LogP contribution < -0.4 is 16.0 Å². The number of hydrogen-bond donors (Lipinski definition) is 2. The van der Waals surface area contributed by atoms with Gasteiger partial charge in [0.15, 0.2) is 0 Å². The molecule has 1 unspecified atom stereocenters. The lowest BCUT2D eigenvalue weighted by atomic mass is 9.97. The molecule has 2 aromatic rings. The van der Waals surface area contributed by atoms with Crippen LogP contribution in [0.2, 0.25) is 0 Å². The summed E-state index contributed by atoms with van der Waals surface area (Å²) in [7, 11) is 0. The monoisotopic (exact) mass is 396 g/mol. The van der Waals surface area contributed by atoms with Crippen molar-refractivity contribution in [3.63, 3.8) is 0 Å². The van der Waals surface area contributed by atoms with Gasteiger partial charge in [-0.2, -0.15) is 0 Å². The molecule has 2 aliphatic rings. The minimum Gasteiger partial charge on any atom is -0.368 e. The van der Waals surface area contributed by atoms with Crippen molar-refractivity contribution < 1.29 is 9.18 Å². The maximum Gasteiger partial charge on any atom is 0.255 e. The van der Waals surface area contributed by atoms with E-state index in [1.54, 1.807) is 12.3 Å². The number of nitrogens with one attached hydrogen (secondary N) is 1. The van der Waals surface area contributed by atoms with Crippen molar-refractivity contribution >= 4 is 11.6 Å². The summed E-state index contributed by atoms with van der Waals surface area (Å²) in [6, 6.07) is 6.61. The molecule has 4 rings (SSSR count). The molecule has 1 saturated carbocycles. The molecule has 0 radical (unpaired) electrons. The third-order valence-electron chi connectivity index (χ3n) is 6.11. The summed E-state index contributed by atoms with van der Waals surface area (Å²) in [6.07, 6.45) is 4.80. The Morgan fingerprint density at radius 3 is 2.79 bits per heavy atom. The zero-order valence-corrected chi connectivity index (χ0v) is 17.3. The minimum absolute atomic E-state index is 0.129. The smallest absolute Gasteiger partial charge is 0.255 e. The third kappa shape index (κ3) is 4.13. The zero-order valence-electron chi connectivity index (χ0n) is 17.3. The van der Waals surface area contributed by atoms with Crippen LogP contribution in [0.3, 0.4) is 0 Å². The number of aromatic nitrogens is 1. The zero-order chi connectivity index (χ0) is 20.8. The number of benzene rings is 1. The van der Waals surface area contributed by atoms with Gasteiger partial charge in [0.1, 0.15) is 5.82 Å². The van der Waals surface area contributed by atoms with E-state index in [1.807, 2.05) is 19.9 Å². The molecule has 29 heavy (non-hydrogen) atoms. The number of hydrogen-bond acceptors (Lipinski definition) is 4. The number of carbonyl (C=O) groups is 1. The van der Waals surface area contributed by atoms with Gasteiger partial charge in [-0.25, -0.2) is 4.39 Å². The van der Waals surface area contributed by atoms with E-state index in [0.29, 0.717) is 18.0 Å². The molecule has 1 aromatic heterocycles. The highest BCUT2D eigenvalue weighted by Gasteiger charge is 2.35. The molecule has 0 spiro atoms. The highest BCUT2D eigenvalue weighted by molar-refractivity contribution is 6.03. The lowest BCUT2D eigenvalue weighted by Crippen LogP contribution is -2.40. The number of anilines is 1. The van der Waals surface area contributed by atoms with Gasteiger partial charge >= 0.3 is 0 Å². The molecular weight excluding hydrogens is 367 g/mol. The van der Waals surface area contributed by atoms with Crippen molar-refractivity contribution in [1.29, 1.82) is 0 Å². The lowest BCUT2D eigenvalue weighted by Gasteiger charge is -2.28. The Balaban J connectivity index is 1.82. The van der Waals surface area contributed by atoms with Crippen molar-refractivity contribution in [2.45, 2.75) is 51.6 Å². The van der Waals surface area contributed by atoms with Gasteiger partial charge in [-0.05, 0) is 63.6 Å². The van der Waals surface area contributed by atoms with E-state index in [-0.39, 0.29) is 23.3 Å². The molecule has 1 aliphatic carbocycles. The summed E-state index contributed by atoms with van der Waals surface area (Å²) < 4.78 is 14.0. The first-order valence-electron chi connectivity index (χ1n) is 10.4. The first-order chi connectivity index (χ1) is 13.7. The second-order valence-corrected chi connectivity index (χ2v) is 8.92. The minimum atomic E-state index is -0.328. The molecule has 0 bridgehead atoms. The number of amides is 1. The maximum absolute atomic E-state index is 14.0. The van der Waals surface area contributed by atoms with Crippen LogP contribution >= 0.6 is 0 Å². The largest absolute Gasteiger partial charge is 0.368 e. The van der Waals surface area contributed by atoms with Crippen molar-refractivity contribution in [3.8, 4) is 11.1 Å². The second kappa shape index (κ2) is 7.41. The predicted molar refractivity (Wildman–Crippen MR) is 113 cm³/mol. The molecule has 1 aromatic carbocycles. The Labute approximate surface area is 171 Å². The summed E-state index contributed by atoms with van der Waals surface area (Å²) in [5.41, 5.74) is 9.69. The molecule has 2 fully saturated rings. The van der Waals surface area contributed by atoms with Crippen LogP contribution in [0.1, 0.15) is 49.2 Å². The molecular formula is C23H29FN4O. The highest BCUT2D eigenvalue weighted by atomic mass is 19.1. The van der Waals surface area contributed by atoms with Crippen LogP contribution in [0.15, 0.2) is 30.5 Å². The summed E-state index contributed by atoms with van der Waals surface area (Å²) in [6.45, 7) is 7.36. The van der Waals surface area contributed by atoms with E-state index < -0.39 is 0 Å². The number of halogens is 1. The molecule has 2 heterocycles. The Kier molecular flexibility index (Phi) is 5.07. The van der Waals surface area contributed by atoms with Gasteiger partial charge in [0, 0.05) is 42.1 Å². The van der Waals surface area contributed by atoms with E-state index in [4.69, 9.17) is 5.73 Å².